The summed E-state index contributed by atoms with van der Waals surface area (Å²) in [5, 5.41) is 0.0943. The maximum absolute atomic E-state index is 12.7. The molecule has 0 aliphatic rings. The smallest absolute Gasteiger partial charge is 0.160 e. The van der Waals surface area contributed by atoms with Crippen LogP contribution in [0.3, 0.4) is 0 Å². The van der Waals surface area contributed by atoms with Crippen LogP contribution >= 0.6 is 11.6 Å². The number of nitrogens with two attached hydrogens (primary N) is 2. The van der Waals surface area contributed by atoms with Gasteiger partial charge in [-0.25, -0.2) is 8.78 Å². The first-order valence-electron chi connectivity index (χ1n) is 3.66. The molecule has 0 heterocycles. The van der Waals surface area contributed by atoms with E-state index in [1.54, 1.807) is 0 Å². The molecular formula is C8H9ClF2N2. The maximum Gasteiger partial charge on any atom is 0.160 e. The summed E-state index contributed by atoms with van der Waals surface area (Å²) in [4.78, 5) is 0. The van der Waals surface area contributed by atoms with Crippen molar-refractivity contribution in [3.8, 4) is 0 Å². The minimum Gasteiger partial charge on any atom is -0.329 e. The van der Waals surface area contributed by atoms with Gasteiger partial charge in [-0.1, -0.05) is 11.6 Å². The normalized spacial score (nSPS) is 13.0. The molecule has 0 saturated heterocycles. The minimum absolute atomic E-state index is 0.0943. The van der Waals surface area contributed by atoms with E-state index in [0.717, 1.165) is 12.1 Å². The molecule has 0 spiro atoms. The number of hydrogen-bond donors (Lipinski definition) is 2. The Kier molecular flexibility index (Phi) is 3.19. The molecule has 1 aromatic carbocycles. The average molecular weight is 207 g/mol. The summed E-state index contributed by atoms with van der Waals surface area (Å²) in [7, 11) is 0. The molecule has 4 N–H and O–H groups in total. The predicted octanol–water partition coefficient (Wildman–Crippen LogP) is 1.58. The Balaban J connectivity index is 3.15. The van der Waals surface area contributed by atoms with Crippen LogP contribution in [-0.2, 0) is 0 Å². The molecule has 1 aromatic rings. The molecule has 1 rings (SSSR count). The van der Waals surface area contributed by atoms with Crippen molar-refractivity contribution in [1.82, 2.24) is 0 Å². The van der Waals surface area contributed by atoms with E-state index >= 15 is 0 Å². The van der Waals surface area contributed by atoms with E-state index in [1.165, 1.54) is 0 Å². The number of benzene rings is 1. The van der Waals surface area contributed by atoms with Gasteiger partial charge in [0.05, 0.1) is 0 Å². The summed E-state index contributed by atoms with van der Waals surface area (Å²) in [6, 6.07) is 1.29. The number of rotatable bonds is 2. The lowest BCUT2D eigenvalue weighted by Crippen LogP contribution is -2.21. The molecule has 0 saturated carbocycles. The number of hydrogen-bond acceptors (Lipinski definition) is 2. The van der Waals surface area contributed by atoms with E-state index in [-0.39, 0.29) is 11.6 Å². The van der Waals surface area contributed by atoms with Crippen LogP contribution < -0.4 is 11.5 Å². The molecule has 0 amide bonds. The summed E-state index contributed by atoms with van der Waals surface area (Å²) < 4.78 is 25.3. The molecule has 13 heavy (non-hydrogen) atoms. The Morgan fingerprint density at radius 3 is 2.38 bits per heavy atom. The summed E-state index contributed by atoms with van der Waals surface area (Å²) in [5.74, 6) is -1.96. The molecule has 0 bridgehead atoms. The summed E-state index contributed by atoms with van der Waals surface area (Å²) in [6.45, 7) is 0.130. The third-order valence-electron chi connectivity index (χ3n) is 1.69. The Labute approximate surface area is 79.5 Å². The molecule has 0 unspecified atom stereocenters. The molecule has 0 fully saturated rings. The van der Waals surface area contributed by atoms with Gasteiger partial charge in [0.1, 0.15) is 0 Å². The second-order valence-electron chi connectivity index (χ2n) is 2.63. The fourth-order valence-corrected chi connectivity index (χ4v) is 1.24. The second kappa shape index (κ2) is 4.00. The van der Waals surface area contributed by atoms with Gasteiger partial charge in [-0.15, -0.1) is 0 Å². The van der Waals surface area contributed by atoms with Crippen molar-refractivity contribution < 1.29 is 8.78 Å². The third-order valence-corrected chi connectivity index (χ3v) is 2.02. The molecule has 1 atom stereocenters. The van der Waals surface area contributed by atoms with Crippen LogP contribution in [-0.4, -0.2) is 6.54 Å². The van der Waals surface area contributed by atoms with Crippen LogP contribution in [0.4, 0.5) is 8.78 Å². The largest absolute Gasteiger partial charge is 0.329 e. The number of halogens is 3. The van der Waals surface area contributed by atoms with Gasteiger partial charge in [0, 0.05) is 17.6 Å². The lowest BCUT2D eigenvalue weighted by Gasteiger charge is -2.11. The van der Waals surface area contributed by atoms with Gasteiger partial charge in [-0.05, 0) is 17.7 Å². The topological polar surface area (TPSA) is 52.0 Å². The van der Waals surface area contributed by atoms with Gasteiger partial charge in [-0.3, -0.25) is 0 Å². The first-order chi connectivity index (χ1) is 6.06. The molecule has 72 valence electrons. The molecule has 0 aromatic heterocycles. The molecule has 5 heteroatoms. The second-order valence-corrected chi connectivity index (χ2v) is 3.04. The van der Waals surface area contributed by atoms with Crippen molar-refractivity contribution >= 4 is 11.6 Å². The van der Waals surface area contributed by atoms with E-state index in [2.05, 4.69) is 0 Å². The van der Waals surface area contributed by atoms with Crippen molar-refractivity contribution in [2.45, 2.75) is 6.04 Å². The Hall–Kier alpha value is -0.710. The fraction of sp³-hybridized carbons (Fsp3) is 0.250. The predicted molar refractivity (Wildman–Crippen MR) is 47.4 cm³/mol. The first kappa shape index (κ1) is 10.4. The van der Waals surface area contributed by atoms with Gasteiger partial charge >= 0.3 is 0 Å². The zero-order valence-corrected chi connectivity index (χ0v) is 7.48. The summed E-state index contributed by atoms with van der Waals surface area (Å²) in [6.07, 6.45) is 0. The van der Waals surface area contributed by atoms with Crippen molar-refractivity contribution in [1.29, 1.82) is 0 Å². The van der Waals surface area contributed by atoms with E-state index in [0.29, 0.717) is 5.56 Å². The van der Waals surface area contributed by atoms with Gasteiger partial charge in [0.15, 0.2) is 11.6 Å². The fourth-order valence-electron chi connectivity index (χ4n) is 0.949. The third kappa shape index (κ3) is 2.15. The average Bonchev–Trinajstić information content (AvgIpc) is 2.10. The highest BCUT2D eigenvalue weighted by atomic mass is 35.5. The van der Waals surface area contributed by atoms with Gasteiger partial charge < -0.3 is 11.5 Å². The van der Waals surface area contributed by atoms with Crippen LogP contribution in [0.1, 0.15) is 11.6 Å². The van der Waals surface area contributed by atoms with E-state index in [4.69, 9.17) is 23.1 Å². The Morgan fingerprint density at radius 1 is 1.31 bits per heavy atom. The minimum atomic E-state index is -0.988. The summed E-state index contributed by atoms with van der Waals surface area (Å²) >= 11 is 5.63. The van der Waals surface area contributed by atoms with Crippen molar-refractivity contribution in [2.75, 3.05) is 6.54 Å². The van der Waals surface area contributed by atoms with E-state index in [9.17, 15) is 8.78 Å². The zero-order valence-electron chi connectivity index (χ0n) is 6.73. The molecule has 0 aliphatic heterocycles. The van der Waals surface area contributed by atoms with Crippen molar-refractivity contribution in [3.63, 3.8) is 0 Å². The lowest BCUT2D eigenvalue weighted by atomic mass is 10.1. The Morgan fingerprint density at radius 2 is 1.85 bits per heavy atom. The molecule has 0 radical (unpaired) electrons. The zero-order chi connectivity index (χ0) is 10.0. The van der Waals surface area contributed by atoms with Gasteiger partial charge in [0.2, 0.25) is 0 Å². The highest BCUT2D eigenvalue weighted by Gasteiger charge is 2.12. The van der Waals surface area contributed by atoms with Crippen LogP contribution in [0.2, 0.25) is 5.02 Å². The SMILES string of the molecule is NC[C@@H](N)c1cc(F)c(F)cc1Cl. The monoisotopic (exact) mass is 206 g/mol. The van der Waals surface area contributed by atoms with E-state index < -0.39 is 17.7 Å². The van der Waals surface area contributed by atoms with Crippen LogP contribution in [0.5, 0.6) is 0 Å². The summed E-state index contributed by atoms with van der Waals surface area (Å²) in [5.41, 5.74) is 11.1. The van der Waals surface area contributed by atoms with Crippen LogP contribution in [0.15, 0.2) is 12.1 Å². The van der Waals surface area contributed by atoms with Gasteiger partial charge in [0.25, 0.3) is 0 Å². The van der Waals surface area contributed by atoms with Crippen molar-refractivity contribution in [2.24, 2.45) is 11.5 Å². The van der Waals surface area contributed by atoms with Gasteiger partial charge in [-0.2, -0.15) is 0 Å². The van der Waals surface area contributed by atoms with Crippen molar-refractivity contribution in [3.05, 3.63) is 34.4 Å². The van der Waals surface area contributed by atoms with E-state index in [1.807, 2.05) is 0 Å². The molecule has 0 aliphatic carbocycles. The first-order valence-corrected chi connectivity index (χ1v) is 4.04. The van der Waals surface area contributed by atoms with Crippen LogP contribution in [0.25, 0.3) is 0 Å². The standard InChI is InChI=1S/C8H9ClF2N2/c9-5-2-7(11)6(10)1-4(5)8(13)3-12/h1-2,8H,3,12-13H2/t8-/m1/s1. The Bertz CT molecular complexity index is 317. The quantitative estimate of drug-likeness (QED) is 0.722. The maximum atomic E-state index is 12.7. The highest BCUT2D eigenvalue weighted by Crippen LogP contribution is 2.23. The highest BCUT2D eigenvalue weighted by molar-refractivity contribution is 6.31. The molecule has 2 nitrogen and oxygen atoms in total. The van der Waals surface area contributed by atoms with Crippen LogP contribution in [0, 0.1) is 11.6 Å². The molecular weight excluding hydrogens is 198 g/mol. The lowest BCUT2D eigenvalue weighted by molar-refractivity contribution is 0.505.